The maximum absolute atomic E-state index is 7.20. The van der Waals surface area contributed by atoms with Crippen molar-refractivity contribution in [2.24, 2.45) is 0 Å². The molecule has 0 aromatic carbocycles. The van der Waals surface area contributed by atoms with Gasteiger partial charge in [-0.05, 0) is 150 Å². The number of H-pyrrole nitrogens is 2. The van der Waals surface area contributed by atoms with Gasteiger partial charge in [0.2, 0.25) is 0 Å². The Balaban J connectivity index is 1.51. The molecule has 60 heavy (non-hydrogen) atoms. The first-order valence-electron chi connectivity index (χ1n) is 23.8. The van der Waals surface area contributed by atoms with E-state index in [1.807, 2.05) is 0 Å². The van der Waals surface area contributed by atoms with Crippen molar-refractivity contribution in [3.63, 3.8) is 0 Å². The van der Waals surface area contributed by atoms with Crippen LogP contribution in [0.25, 0.3) is 0 Å². The Morgan fingerprint density at radius 1 is 0.250 bits per heavy atom. The third-order valence-electron chi connectivity index (χ3n) is 16.9. The third-order valence-corrected chi connectivity index (χ3v) is 16.9. The Morgan fingerprint density at radius 3 is 0.550 bits per heavy atom. The van der Waals surface area contributed by atoms with Gasteiger partial charge in [-0.25, -0.2) is 0 Å². The summed E-state index contributed by atoms with van der Waals surface area (Å²) in [6.45, 7) is 27.4. The summed E-state index contributed by atoms with van der Waals surface area (Å²) in [6.07, 6.45) is 10.6. The molecule has 0 unspecified atom stereocenters. The van der Waals surface area contributed by atoms with Crippen molar-refractivity contribution in [1.82, 2.24) is 9.97 Å². The molecule has 6 nitrogen and oxygen atoms in total. The molecule has 6 heteroatoms. The zero-order valence-electron chi connectivity index (χ0n) is 39.0. The molecule has 7 rings (SSSR count). The van der Waals surface area contributed by atoms with Gasteiger partial charge < -0.3 is 27.6 Å². The van der Waals surface area contributed by atoms with Crippen LogP contribution in [-0.2, 0) is 32.5 Å². The molecule has 0 spiro atoms. The average Bonchev–Trinajstić information content (AvgIpc) is 4.14. The number of hydrogen-bond donors (Lipinski definition) is 2. The van der Waals surface area contributed by atoms with Crippen molar-refractivity contribution in [3.8, 4) is 0 Å². The van der Waals surface area contributed by atoms with Crippen molar-refractivity contribution < 1.29 is 17.7 Å². The highest BCUT2D eigenvalue weighted by Gasteiger charge is 2.47. The molecule has 2 N–H and O–H groups in total. The number of aromatic nitrogens is 2. The Bertz CT molecular complexity index is 1760. The summed E-state index contributed by atoms with van der Waals surface area (Å²) in [4.78, 5) is 8.06. The van der Waals surface area contributed by atoms with Crippen LogP contribution in [0.2, 0.25) is 0 Å². The minimum absolute atomic E-state index is 0.332. The van der Waals surface area contributed by atoms with E-state index in [2.05, 4.69) is 166 Å². The van der Waals surface area contributed by atoms with Crippen LogP contribution >= 0.6 is 0 Å². The van der Waals surface area contributed by atoms with Crippen LogP contribution in [0.15, 0.2) is 90.5 Å². The van der Waals surface area contributed by atoms with Crippen LogP contribution in [-0.4, -0.2) is 9.97 Å². The van der Waals surface area contributed by atoms with Gasteiger partial charge in [0.25, 0.3) is 0 Å². The summed E-state index contributed by atoms with van der Waals surface area (Å²) in [5.41, 5.74) is 2.59. The second-order valence-electron chi connectivity index (χ2n) is 18.0. The lowest BCUT2D eigenvalue weighted by Crippen LogP contribution is -2.30. The molecule has 7 heterocycles. The van der Waals surface area contributed by atoms with Crippen molar-refractivity contribution in [2.75, 3.05) is 0 Å². The van der Waals surface area contributed by atoms with Gasteiger partial charge in [-0.1, -0.05) is 83.1 Å². The Kier molecular flexibility index (Phi) is 12.0. The summed E-state index contributed by atoms with van der Waals surface area (Å²) in [7, 11) is 0. The van der Waals surface area contributed by atoms with E-state index < -0.39 is 10.8 Å². The number of fused-ring (bicyclic) bond motifs is 12. The van der Waals surface area contributed by atoms with Gasteiger partial charge in [0.05, 0.1) is 32.5 Å². The fourth-order valence-corrected chi connectivity index (χ4v) is 11.9. The zero-order chi connectivity index (χ0) is 43.1. The molecule has 0 aliphatic carbocycles. The Morgan fingerprint density at radius 2 is 0.400 bits per heavy atom. The SMILES string of the molecule is CCC1(CC)c2ccc([nH]2)C(CC)(CC)c2ccc(o2)C(CC)(CC)c2ccc(o2)C(CC)(CC)c2ccc([nH]2)C(CC)(CC)c2ccc(o2)C(CC)(CC)c2ccc1o2. The lowest BCUT2D eigenvalue weighted by molar-refractivity contribution is 0.254. The number of hydrogen-bond acceptors (Lipinski definition) is 4. The highest BCUT2D eigenvalue weighted by molar-refractivity contribution is 5.43. The third kappa shape index (κ3) is 5.99. The van der Waals surface area contributed by atoms with E-state index in [0.29, 0.717) is 0 Å². The molecule has 6 aromatic heterocycles. The highest BCUT2D eigenvalue weighted by Crippen LogP contribution is 2.51. The van der Waals surface area contributed by atoms with E-state index in [9.17, 15) is 0 Å². The molecule has 0 amide bonds. The first-order valence-corrected chi connectivity index (χ1v) is 23.8. The molecule has 0 fully saturated rings. The molecule has 0 atom stereocenters. The summed E-state index contributed by atoms with van der Waals surface area (Å²) in [6, 6.07) is 27.1. The van der Waals surface area contributed by atoms with Crippen LogP contribution in [0.3, 0.4) is 0 Å². The van der Waals surface area contributed by atoms with Gasteiger partial charge in [0.15, 0.2) is 0 Å². The molecule has 0 saturated heterocycles. The number of furan rings is 4. The van der Waals surface area contributed by atoms with Gasteiger partial charge in [0, 0.05) is 22.8 Å². The van der Waals surface area contributed by atoms with Crippen molar-refractivity contribution >= 4 is 0 Å². The fraction of sp³-hybridized carbons (Fsp3) is 0.556. The standard InChI is InChI=1S/C54H74N2O4/c1-13-49(14-2)37-25-26-38(55-37)50(15-3,16-4)42-30-35-47(58-42)54(23-11,24-12)48-36-32-44(60-48)52(19-7,20-8)40-28-27-39(56-40)51(17-5,18-6)43-31-34-46(59-43)53(21-9,22-10)45-33-29-41(49)57-45/h25-36,55-56H,13-24H2,1-12H3. The fourth-order valence-electron chi connectivity index (χ4n) is 11.9. The predicted molar refractivity (Wildman–Crippen MR) is 245 cm³/mol. The van der Waals surface area contributed by atoms with E-state index in [0.717, 1.165) is 123 Å². The molecular weight excluding hydrogens is 741 g/mol. The van der Waals surface area contributed by atoms with Gasteiger partial charge in [-0.15, -0.1) is 0 Å². The first-order chi connectivity index (χ1) is 29.0. The summed E-state index contributed by atoms with van der Waals surface area (Å²) in [5.74, 6) is 7.89. The summed E-state index contributed by atoms with van der Waals surface area (Å²) >= 11 is 0. The second-order valence-corrected chi connectivity index (χ2v) is 18.0. The van der Waals surface area contributed by atoms with Gasteiger partial charge in [0.1, 0.15) is 46.1 Å². The zero-order valence-corrected chi connectivity index (χ0v) is 39.0. The maximum atomic E-state index is 7.20. The molecule has 324 valence electrons. The Labute approximate surface area is 360 Å². The van der Waals surface area contributed by atoms with E-state index in [1.54, 1.807) is 0 Å². The molecular formula is C54H74N2O4. The lowest BCUT2D eigenvalue weighted by Gasteiger charge is -2.33. The molecule has 12 bridgehead atoms. The van der Waals surface area contributed by atoms with E-state index in [4.69, 9.17) is 17.7 Å². The van der Waals surface area contributed by atoms with Gasteiger partial charge in [-0.2, -0.15) is 0 Å². The minimum Gasteiger partial charge on any atom is -0.464 e. The van der Waals surface area contributed by atoms with Crippen molar-refractivity contribution in [1.29, 1.82) is 0 Å². The predicted octanol–water partition coefficient (Wildman–Crippen LogP) is 15.7. The average molecular weight is 815 g/mol. The minimum atomic E-state index is -0.411. The van der Waals surface area contributed by atoms with E-state index in [1.165, 1.54) is 22.8 Å². The number of aromatic amines is 2. The van der Waals surface area contributed by atoms with Gasteiger partial charge in [-0.3, -0.25) is 0 Å². The van der Waals surface area contributed by atoms with E-state index >= 15 is 0 Å². The normalized spacial score (nSPS) is 18.6. The number of nitrogens with one attached hydrogen (secondary N) is 2. The van der Waals surface area contributed by atoms with Crippen molar-refractivity contribution in [2.45, 2.75) is 193 Å². The molecule has 6 aromatic rings. The van der Waals surface area contributed by atoms with Crippen LogP contribution in [0.1, 0.15) is 229 Å². The Hall–Kier alpha value is -4.32. The first kappa shape index (κ1) is 43.8. The van der Waals surface area contributed by atoms with Gasteiger partial charge >= 0.3 is 0 Å². The highest BCUT2D eigenvalue weighted by atomic mass is 16.4. The van der Waals surface area contributed by atoms with Crippen LogP contribution < -0.4 is 0 Å². The molecule has 0 radical (unpaired) electrons. The van der Waals surface area contributed by atoms with E-state index in [-0.39, 0.29) is 21.7 Å². The second kappa shape index (κ2) is 16.5. The van der Waals surface area contributed by atoms with Crippen molar-refractivity contribution in [3.05, 3.63) is 142 Å². The molecule has 1 aliphatic rings. The van der Waals surface area contributed by atoms with Crippen LogP contribution in [0, 0.1) is 0 Å². The van der Waals surface area contributed by atoms with Crippen LogP contribution in [0.4, 0.5) is 0 Å². The summed E-state index contributed by atoms with van der Waals surface area (Å²) in [5, 5.41) is 0. The smallest absolute Gasteiger partial charge is 0.117 e. The molecule has 0 saturated carbocycles. The maximum Gasteiger partial charge on any atom is 0.117 e. The summed E-state index contributed by atoms with van der Waals surface area (Å²) < 4.78 is 28.8. The lowest BCUT2D eigenvalue weighted by atomic mass is 9.76. The quantitative estimate of drug-likeness (QED) is 0.129. The van der Waals surface area contributed by atoms with Crippen LogP contribution in [0.5, 0.6) is 0 Å². The number of rotatable bonds is 12. The monoisotopic (exact) mass is 815 g/mol. The topological polar surface area (TPSA) is 84.1 Å². The molecule has 1 aliphatic heterocycles. The largest absolute Gasteiger partial charge is 0.464 e.